The van der Waals surface area contributed by atoms with Gasteiger partial charge in [-0.15, -0.1) is 0 Å². The van der Waals surface area contributed by atoms with Crippen LogP contribution in [0, 0.1) is 6.92 Å². The summed E-state index contributed by atoms with van der Waals surface area (Å²) in [7, 11) is -0.778. The summed E-state index contributed by atoms with van der Waals surface area (Å²) in [6, 6.07) is 3.72. The van der Waals surface area contributed by atoms with Crippen LogP contribution in [0.1, 0.15) is 18.2 Å². The van der Waals surface area contributed by atoms with Gasteiger partial charge in [0.05, 0.1) is 5.56 Å². The number of hydrogen-bond donors (Lipinski definition) is 2. The van der Waals surface area contributed by atoms with Gasteiger partial charge >= 0.3 is 0 Å². The Balaban J connectivity index is 2.72. The number of nitrogens with one attached hydrogen (secondary N) is 1. The maximum Gasteiger partial charge on any atom is 0.136 e. The number of thiocarbonyl (C=S) groups is 1. The van der Waals surface area contributed by atoms with E-state index in [4.69, 9.17) is 18.0 Å². The highest BCUT2D eigenvalue weighted by Gasteiger charge is 2.07. The first kappa shape index (κ1) is 14.1. The number of nitrogens with zero attached hydrogens (tertiary/aromatic N) is 1. The van der Waals surface area contributed by atoms with Crippen molar-refractivity contribution in [1.82, 2.24) is 4.98 Å². The largest absolute Gasteiger partial charge is 0.389 e. The molecule has 1 rings (SSSR count). The molecule has 0 aliphatic heterocycles. The molecule has 0 saturated carbocycles. The monoisotopic (exact) mass is 271 g/mol. The fraction of sp³-hybridized carbons (Fsp3) is 0.455. The molecule has 0 saturated heterocycles. The minimum absolute atomic E-state index is 0.316. The SMILES string of the molecule is CCS(=O)CCNc1nc(C)ccc1C(N)=S. The van der Waals surface area contributed by atoms with Crippen molar-refractivity contribution in [3.63, 3.8) is 0 Å². The molecule has 0 radical (unpaired) electrons. The van der Waals surface area contributed by atoms with Crippen molar-refractivity contribution in [3.05, 3.63) is 23.4 Å². The highest BCUT2D eigenvalue weighted by atomic mass is 32.2. The molecule has 0 aliphatic carbocycles. The van der Waals surface area contributed by atoms with Gasteiger partial charge in [0.1, 0.15) is 10.8 Å². The van der Waals surface area contributed by atoms with E-state index in [0.29, 0.717) is 28.9 Å². The van der Waals surface area contributed by atoms with Crippen LogP contribution in [0.5, 0.6) is 0 Å². The Kier molecular flexibility index (Phi) is 5.50. The molecule has 1 aromatic heterocycles. The first-order valence-electron chi connectivity index (χ1n) is 5.41. The van der Waals surface area contributed by atoms with Crippen molar-refractivity contribution < 1.29 is 4.21 Å². The Morgan fingerprint density at radius 1 is 1.59 bits per heavy atom. The Labute approximate surface area is 109 Å². The molecule has 6 heteroatoms. The molecule has 1 heterocycles. The lowest BCUT2D eigenvalue weighted by Gasteiger charge is -2.10. The van der Waals surface area contributed by atoms with Crippen molar-refractivity contribution in [3.8, 4) is 0 Å². The van der Waals surface area contributed by atoms with Crippen molar-refractivity contribution in [2.45, 2.75) is 13.8 Å². The van der Waals surface area contributed by atoms with E-state index in [1.807, 2.05) is 26.0 Å². The van der Waals surface area contributed by atoms with Gasteiger partial charge in [0, 0.05) is 34.5 Å². The molecule has 0 amide bonds. The molecular weight excluding hydrogens is 254 g/mol. The van der Waals surface area contributed by atoms with E-state index in [1.54, 1.807) is 0 Å². The van der Waals surface area contributed by atoms with Gasteiger partial charge in [0.2, 0.25) is 0 Å². The first-order chi connectivity index (χ1) is 8.04. The summed E-state index contributed by atoms with van der Waals surface area (Å²) in [5.74, 6) is 1.94. The maximum atomic E-state index is 11.3. The van der Waals surface area contributed by atoms with Crippen molar-refractivity contribution in [1.29, 1.82) is 0 Å². The number of aromatic nitrogens is 1. The van der Waals surface area contributed by atoms with E-state index >= 15 is 0 Å². The Bertz CT molecular complexity index is 435. The second-order valence-electron chi connectivity index (χ2n) is 3.57. The average molecular weight is 271 g/mol. The zero-order chi connectivity index (χ0) is 12.8. The van der Waals surface area contributed by atoms with E-state index in [0.717, 1.165) is 11.3 Å². The predicted molar refractivity (Wildman–Crippen MR) is 76.9 cm³/mol. The van der Waals surface area contributed by atoms with Crippen molar-refractivity contribution >= 4 is 33.8 Å². The van der Waals surface area contributed by atoms with Crippen LogP contribution >= 0.6 is 12.2 Å². The van der Waals surface area contributed by atoms with E-state index in [9.17, 15) is 4.21 Å². The zero-order valence-corrected chi connectivity index (χ0v) is 11.7. The number of anilines is 1. The highest BCUT2D eigenvalue weighted by Crippen LogP contribution is 2.12. The third-order valence-corrected chi connectivity index (χ3v) is 3.77. The Morgan fingerprint density at radius 2 is 2.29 bits per heavy atom. The number of pyridine rings is 1. The van der Waals surface area contributed by atoms with Gasteiger partial charge in [-0.1, -0.05) is 19.1 Å². The van der Waals surface area contributed by atoms with Crippen LogP contribution in [0.25, 0.3) is 0 Å². The number of rotatable bonds is 6. The first-order valence-corrected chi connectivity index (χ1v) is 7.30. The summed E-state index contributed by atoms with van der Waals surface area (Å²) < 4.78 is 11.3. The predicted octanol–water partition coefficient (Wildman–Crippen LogP) is 1.20. The highest BCUT2D eigenvalue weighted by molar-refractivity contribution is 7.84. The molecule has 3 N–H and O–H groups in total. The Morgan fingerprint density at radius 3 is 2.88 bits per heavy atom. The summed E-state index contributed by atoms with van der Waals surface area (Å²) in [6.07, 6.45) is 0. The van der Waals surface area contributed by atoms with Gasteiger partial charge in [-0.2, -0.15) is 0 Å². The molecule has 4 nitrogen and oxygen atoms in total. The molecule has 17 heavy (non-hydrogen) atoms. The minimum Gasteiger partial charge on any atom is -0.389 e. The molecule has 0 aromatic carbocycles. The van der Waals surface area contributed by atoms with E-state index in [2.05, 4.69) is 10.3 Å². The van der Waals surface area contributed by atoms with Gasteiger partial charge in [-0.05, 0) is 19.1 Å². The van der Waals surface area contributed by atoms with Gasteiger partial charge in [0.25, 0.3) is 0 Å². The van der Waals surface area contributed by atoms with Gasteiger partial charge in [-0.3, -0.25) is 4.21 Å². The summed E-state index contributed by atoms with van der Waals surface area (Å²) in [6.45, 7) is 4.41. The van der Waals surface area contributed by atoms with E-state index < -0.39 is 10.8 Å². The van der Waals surface area contributed by atoms with Crippen LogP contribution in [0.3, 0.4) is 0 Å². The molecule has 1 atom stereocenters. The van der Waals surface area contributed by atoms with Crippen LogP contribution in [-0.4, -0.2) is 32.2 Å². The van der Waals surface area contributed by atoms with Crippen LogP contribution in [0.4, 0.5) is 5.82 Å². The van der Waals surface area contributed by atoms with Crippen molar-refractivity contribution in [2.24, 2.45) is 5.73 Å². The standard InChI is InChI=1S/C11H17N3OS2/c1-3-17(15)7-6-13-11-9(10(12)16)5-4-8(2)14-11/h4-5H,3,6-7H2,1-2H3,(H2,12,16)(H,13,14). The average Bonchev–Trinajstić information content (AvgIpc) is 2.28. The van der Waals surface area contributed by atoms with Gasteiger partial charge in [0.15, 0.2) is 0 Å². The van der Waals surface area contributed by atoms with Crippen LogP contribution in [0.2, 0.25) is 0 Å². The lowest BCUT2D eigenvalue weighted by Crippen LogP contribution is -2.18. The number of aryl methyl sites for hydroxylation is 1. The Hall–Kier alpha value is -1.01. The van der Waals surface area contributed by atoms with Crippen LogP contribution in [-0.2, 0) is 10.8 Å². The lowest BCUT2D eigenvalue weighted by atomic mass is 10.2. The molecule has 0 bridgehead atoms. The normalized spacial score (nSPS) is 12.1. The van der Waals surface area contributed by atoms with E-state index in [-0.39, 0.29) is 0 Å². The van der Waals surface area contributed by atoms with E-state index in [1.165, 1.54) is 0 Å². The lowest BCUT2D eigenvalue weighted by molar-refractivity contribution is 0.684. The number of nitrogens with two attached hydrogens (primary N) is 1. The molecule has 1 unspecified atom stereocenters. The second-order valence-corrected chi connectivity index (χ2v) is 5.88. The fourth-order valence-electron chi connectivity index (χ4n) is 1.32. The van der Waals surface area contributed by atoms with Crippen LogP contribution < -0.4 is 11.1 Å². The quantitative estimate of drug-likeness (QED) is 0.761. The molecular formula is C11H17N3OS2. The summed E-state index contributed by atoms with van der Waals surface area (Å²) >= 11 is 4.96. The van der Waals surface area contributed by atoms with Gasteiger partial charge < -0.3 is 11.1 Å². The molecule has 94 valence electrons. The number of hydrogen-bond acceptors (Lipinski definition) is 4. The molecule has 0 fully saturated rings. The topological polar surface area (TPSA) is 68.0 Å². The smallest absolute Gasteiger partial charge is 0.136 e. The fourth-order valence-corrected chi connectivity index (χ4v) is 2.10. The van der Waals surface area contributed by atoms with Crippen molar-refractivity contribution in [2.75, 3.05) is 23.4 Å². The maximum absolute atomic E-state index is 11.3. The zero-order valence-electron chi connectivity index (χ0n) is 10.0. The molecule has 0 spiro atoms. The van der Waals surface area contributed by atoms with Crippen LogP contribution in [0.15, 0.2) is 12.1 Å². The third kappa shape index (κ3) is 4.40. The minimum atomic E-state index is -0.778. The molecule has 0 aliphatic rings. The summed E-state index contributed by atoms with van der Waals surface area (Å²) in [5.41, 5.74) is 7.24. The summed E-state index contributed by atoms with van der Waals surface area (Å²) in [4.78, 5) is 4.66. The molecule has 1 aromatic rings. The summed E-state index contributed by atoms with van der Waals surface area (Å²) in [5, 5.41) is 3.13. The second kappa shape index (κ2) is 6.66. The van der Waals surface area contributed by atoms with Gasteiger partial charge in [-0.25, -0.2) is 4.98 Å². The third-order valence-electron chi connectivity index (χ3n) is 2.24.